The molecule has 0 unspecified atom stereocenters. The molecule has 1 aromatic heterocycles. The minimum absolute atomic E-state index is 0.0224. The molecule has 0 amide bonds. The Morgan fingerprint density at radius 2 is 1.87 bits per heavy atom. The maximum Gasteiger partial charge on any atom is 0.435 e. The van der Waals surface area contributed by atoms with Crippen LogP contribution in [0.3, 0.4) is 0 Å². The van der Waals surface area contributed by atoms with Gasteiger partial charge in [-0.1, -0.05) is 0 Å². The fourth-order valence-electron chi connectivity index (χ4n) is 1.77. The predicted molar refractivity (Wildman–Crippen MR) is 75.4 cm³/mol. The van der Waals surface area contributed by atoms with Gasteiger partial charge in [0.2, 0.25) is 10.0 Å². The normalized spacial score (nSPS) is 12.3. The fraction of sp³-hybridized carbons (Fsp3) is 0.308. The first-order chi connectivity index (χ1) is 10.7. The number of nitrogens with zero attached hydrogens (tertiary/aromatic N) is 2. The molecule has 1 N–H and O–H groups in total. The van der Waals surface area contributed by atoms with Crippen LogP contribution in [-0.2, 0) is 22.7 Å². The zero-order valence-electron chi connectivity index (χ0n) is 12.0. The number of methoxy groups -OCH3 is 1. The first-order valence-corrected chi connectivity index (χ1v) is 7.95. The first-order valence-electron chi connectivity index (χ1n) is 6.47. The van der Waals surface area contributed by atoms with Crippen LogP contribution in [0.5, 0.6) is 5.75 Å². The molecule has 126 valence electrons. The highest BCUT2D eigenvalue weighted by Gasteiger charge is 2.33. The molecule has 0 saturated heterocycles. The van der Waals surface area contributed by atoms with Gasteiger partial charge >= 0.3 is 6.18 Å². The molecule has 0 aliphatic carbocycles. The highest BCUT2D eigenvalue weighted by atomic mass is 32.2. The molecule has 2 aromatic rings. The smallest absolute Gasteiger partial charge is 0.435 e. The molecule has 0 aliphatic heterocycles. The van der Waals surface area contributed by atoms with Crippen molar-refractivity contribution in [1.29, 1.82) is 0 Å². The number of aromatic nitrogens is 2. The number of alkyl halides is 3. The molecular formula is C13H14F3N3O3S. The van der Waals surface area contributed by atoms with Crippen molar-refractivity contribution in [3.05, 3.63) is 42.2 Å². The maximum atomic E-state index is 12.4. The Kier molecular flexibility index (Phi) is 4.95. The minimum Gasteiger partial charge on any atom is -0.497 e. The highest BCUT2D eigenvalue weighted by molar-refractivity contribution is 7.89. The van der Waals surface area contributed by atoms with Crippen molar-refractivity contribution in [1.82, 2.24) is 14.5 Å². The van der Waals surface area contributed by atoms with Crippen LogP contribution in [0.25, 0.3) is 0 Å². The molecule has 0 saturated carbocycles. The molecule has 1 aromatic carbocycles. The number of hydrogen-bond acceptors (Lipinski definition) is 4. The summed E-state index contributed by atoms with van der Waals surface area (Å²) in [5, 5.41) is 3.34. The van der Waals surface area contributed by atoms with Gasteiger partial charge in [0.05, 0.1) is 18.6 Å². The van der Waals surface area contributed by atoms with Gasteiger partial charge in [0.1, 0.15) is 5.75 Å². The summed E-state index contributed by atoms with van der Waals surface area (Å²) in [6.45, 7) is -0.112. The van der Waals surface area contributed by atoms with Crippen molar-refractivity contribution in [3.63, 3.8) is 0 Å². The lowest BCUT2D eigenvalue weighted by Crippen LogP contribution is -2.27. The van der Waals surface area contributed by atoms with E-state index in [9.17, 15) is 21.6 Å². The molecule has 2 rings (SSSR count). The minimum atomic E-state index is -4.52. The van der Waals surface area contributed by atoms with E-state index in [0.29, 0.717) is 5.75 Å². The van der Waals surface area contributed by atoms with E-state index in [-0.39, 0.29) is 18.0 Å². The molecule has 0 spiro atoms. The zero-order chi connectivity index (χ0) is 17.1. The second-order valence-electron chi connectivity index (χ2n) is 4.54. The summed E-state index contributed by atoms with van der Waals surface area (Å²) in [4.78, 5) is 0.0368. The summed E-state index contributed by atoms with van der Waals surface area (Å²) < 4.78 is 69.5. The van der Waals surface area contributed by atoms with Crippen molar-refractivity contribution < 1.29 is 26.3 Å². The van der Waals surface area contributed by atoms with Crippen molar-refractivity contribution in [3.8, 4) is 5.75 Å². The van der Waals surface area contributed by atoms with E-state index in [0.717, 1.165) is 16.9 Å². The Balaban J connectivity index is 1.95. The molecule has 1 heterocycles. The van der Waals surface area contributed by atoms with Gasteiger partial charge in [0.25, 0.3) is 0 Å². The lowest BCUT2D eigenvalue weighted by atomic mass is 10.3. The van der Waals surface area contributed by atoms with Crippen molar-refractivity contribution in [2.45, 2.75) is 17.6 Å². The van der Waals surface area contributed by atoms with Crippen molar-refractivity contribution in [2.24, 2.45) is 0 Å². The zero-order valence-corrected chi connectivity index (χ0v) is 12.9. The van der Waals surface area contributed by atoms with E-state index >= 15 is 0 Å². The highest BCUT2D eigenvalue weighted by Crippen LogP contribution is 2.27. The van der Waals surface area contributed by atoms with Gasteiger partial charge in [0.15, 0.2) is 5.69 Å². The quantitative estimate of drug-likeness (QED) is 0.864. The largest absolute Gasteiger partial charge is 0.497 e. The van der Waals surface area contributed by atoms with Crippen LogP contribution in [0.1, 0.15) is 5.69 Å². The van der Waals surface area contributed by atoms with Gasteiger partial charge in [-0.2, -0.15) is 18.3 Å². The molecular weight excluding hydrogens is 335 g/mol. The number of sulfonamides is 1. The molecule has 10 heteroatoms. The Bertz CT molecular complexity index is 755. The second kappa shape index (κ2) is 6.59. The summed E-state index contributed by atoms with van der Waals surface area (Å²) >= 11 is 0. The topological polar surface area (TPSA) is 73.2 Å². The van der Waals surface area contributed by atoms with Crippen LogP contribution in [0.15, 0.2) is 41.4 Å². The SMILES string of the molecule is COc1ccc(S(=O)(=O)NCCn2ccc(C(F)(F)F)n2)cc1. The third-order valence-corrected chi connectivity index (χ3v) is 4.41. The van der Waals surface area contributed by atoms with E-state index in [1.807, 2.05) is 0 Å². The van der Waals surface area contributed by atoms with Gasteiger partial charge in [-0.05, 0) is 30.3 Å². The second-order valence-corrected chi connectivity index (χ2v) is 6.30. The molecule has 0 radical (unpaired) electrons. The van der Waals surface area contributed by atoms with Gasteiger partial charge < -0.3 is 4.74 Å². The lowest BCUT2D eigenvalue weighted by Gasteiger charge is -2.08. The Morgan fingerprint density at radius 3 is 2.39 bits per heavy atom. The van der Waals surface area contributed by atoms with E-state index in [1.54, 1.807) is 0 Å². The third-order valence-electron chi connectivity index (χ3n) is 2.93. The van der Waals surface area contributed by atoms with Gasteiger partial charge in [0, 0.05) is 12.7 Å². The molecule has 0 bridgehead atoms. The number of hydrogen-bond donors (Lipinski definition) is 1. The van der Waals surface area contributed by atoms with Gasteiger partial charge in [-0.25, -0.2) is 13.1 Å². The fourth-order valence-corrected chi connectivity index (χ4v) is 2.79. The number of benzene rings is 1. The molecule has 0 fully saturated rings. The average molecular weight is 349 g/mol. The van der Waals surface area contributed by atoms with Crippen molar-refractivity contribution in [2.75, 3.05) is 13.7 Å². The van der Waals surface area contributed by atoms with E-state index < -0.39 is 21.9 Å². The van der Waals surface area contributed by atoms with Crippen molar-refractivity contribution >= 4 is 10.0 Å². The predicted octanol–water partition coefficient (Wildman–Crippen LogP) is 1.89. The van der Waals surface area contributed by atoms with Gasteiger partial charge in [-0.15, -0.1) is 0 Å². The van der Waals surface area contributed by atoms with Crippen LogP contribution in [0, 0.1) is 0 Å². The molecule has 6 nitrogen and oxygen atoms in total. The maximum absolute atomic E-state index is 12.4. The van der Waals surface area contributed by atoms with E-state index in [2.05, 4.69) is 9.82 Å². The number of rotatable bonds is 6. The summed E-state index contributed by atoms with van der Waals surface area (Å²) in [5.74, 6) is 0.514. The number of ether oxygens (including phenoxy) is 1. The van der Waals surface area contributed by atoms with Gasteiger partial charge in [-0.3, -0.25) is 4.68 Å². The standard InChI is InChI=1S/C13H14F3N3O3S/c1-22-10-2-4-11(5-3-10)23(20,21)17-7-9-19-8-6-12(18-19)13(14,15)16/h2-6,8,17H,7,9H2,1H3. The third kappa shape index (κ3) is 4.45. The first kappa shape index (κ1) is 17.3. The lowest BCUT2D eigenvalue weighted by molar-refractivity contribution is -0.141. The van der Waals surface area contributed by atoms with Crippen LogP contribution >= 0.6 is 0 Å². The summed E-state index contributed by atoms with van der Waals surface area (Å²) in [7, 11) is -2.29. The number of halogens is 3. The molecule has 0 aliphatic rings. The Morgan fingerprint density at radius 1 is 1.22 bits per heavy atom. The average Bonchev–Trinajstić information content (AvgIpc) is 2.96. The van der Waals surface area contributed by atoms with Crippen LogP contribution in [0.4, 0.5) is 13.2 Å². The molecule has 0 atom stereocenters. The summed E-state index contributed by atoms with van der Waals surface area (Å²) in [6, 6.07) is 6.57. The molecule has 23 heavy (non-hydrogen) atoms. The van der Waals surface area contributed by atoms with Crippen LogP contribution < -0.4 is 9.46 Å². The summed E-state index contributed by atoms with van der Waals surface area (Å²) in [6.07, 6.45) is -3.38. The monoisotopic (exact) mass is 349 g/mol. The van der Waals surface area contributed by atoms with Crippen LogP contribution in [0.2, 0.25) is 0 Å². The van der Waals surface area contributed by atoms with E-state index in [1.165, 1.54) is 31.4 Å². The number of nitrogens with one attached hydrogen (secondary N) is 1. The van der Waals surface area contributed by atoms with E-state index in [4.69, 9.17) is 4.74 Å². The summed E-state index contributed by atoms with van der Waals surface area (Å²) in [5.41, 5.74) is -1.02. The Labute approximate surface area is 130 Å². The Hall–Kier alpha value is -2.07. The van der Waals surface area contributed by atoms with Crippen LogP contribution in [-0.4, -0.2) is 31.9 Å².